The monoisotopic (exact) mass is 129 g/mol. The molecule has 1 atom stereocenters. The van der Waals surface area contributed by atoms with Crippen molar-refractivity contribution in [3.63, 3.8) is 0 Å². The predicted molar refractivity (Wildman–Crippen MR) is 28.3 cm³/mol. The third-order valence-corrected chi connectivity index (χ3v) is 0.771. The SMILES string of the molecule is N#CC[C@H](CO)OC=O. The molecule has 0 amide bonds. The number of hydrogen-bond acceptors (Lipinski definition) is 4. The van der Waals surface area contributed by atoms with Crippen LogP contribution >= 0.6 is 0 Å². The molecule has 0 saturated heterocycles. The van der Waals surface area contributed by atoms with Gasteiger partial charge in [0.25, 0.3) is 6.47 Å². The van der Waals surface area contributed by atoms with Crippen molar-refractivity contribution in [2.75, 3.05) is 6.61 Å². The van der Waals surface area contributed by atoms with E-state index in [1.54, 1.807) is 6.07 Å². The molecule has 1 N–H and O–H groups in total. The Morgan fingerprint density at radius 1 is 1.89 bits per heavy atom. The summed E-state index contributed by atoms with van der Waals surface area (Å²) in [6.07, 6.45) is -0.623. The second-order valence-corrected chi connectivity index (χ2v) is 1.40. The largest absolute Gasteiger partial charge is 0.461 e. The maximum atomic E-state index is 9.61. The van der Waals surface area contributed by atoms with Crippen LogP contribution in [0.4, 0.5) is 0 Å². The smallest absolute Gasteiger partial charge is 0.293 e. The first-order valence-corrected chi connectivity index (χ1v) is 2.42. The van der Waals surface area contributed by atoms with Crippen LogP contribution in [0.5, 0.6) is 0 Å². The predicted octanol–water partition coefficient (Wildman–Crippen LogP) is -0.566. The van der Waals surface area contributed by atoms with Gasteiger partial charge in [-0.05, 0) is 0 Å². The molecule has 0 aromatic heterocycles. The van der Waals surface area contributed by atoms with E-state index in [9.17, 15) is 4.79 Å². The first-order chi connectivity index (χ1) is 4.35. The Labute approximate surface area is 52.7 Å². The van der Waals surface area contributed by atoms with Crippen LogP contribution in [0.15, 0.2) is 0 Å². The van der Waals surface area contributed by atoms with Crippen LogP contribution in [0.2, 0.25) is 0 Å². The quantitative estimate of drug-likeness (QED) is 0.516. The Balaban J connectivity index is 3.43. The lowest BCUT2D eigenvalue weighted by molar-refractivity contribution is -0.135. The Morgan fingerprint density at radius 3 is 2.89 bits per heavy atom. The highest BCUT2D eigenvalue weighted by molar-refractivity contribution is 5.37. The Morgan fingerprint density at radius 2 is 2.56 bits per heavy atom. The molecule has 0 bridgehead atoms. The van der Waals surface area contributed by atoms with Gasteiger partial charge in [0.2, 0.25) is 0 Å². The summed E-state index contributed by atoms with van der Waals surface area (Å²) in [4.78, 5) is 9.61. The Bertz CT molecular complexity index is 118. The van der Waals surface area contributed by atoms with E-state index in [4.69, 9.17) is 10.4 Å². The fourth-order valence-electron chi connectivity index (χ4n) is 0.336. The normalized spacial score (nSPS) is 11.6. The lowest BCUT2D eigenvalue weighted by atomic mass is 10.3. The second-order valence-electron chi connectivity index (χ2n) is 1.40. The van der Waals surface area contributed by atoms with Crippen molar-refractivity contribution in [2.45, 2.75) is 12.5 Å². The van der Waals surface area contributed by atoms with E-state index in [0.29, 0.717) is 0 Å². The minimum atomic E-state index is -0.660. The molecule has 0 aliphatic heterocycles. The fraction of sp³-hybridized carbons (Fsp3) is 0.600. The Hall–Kier alpha value is -1.08. The lowest BCUT2D eigenvalue weighted by Crippen LogP contribution is -2.15. The van der Waals surface area contributed by atoms with E-state index in [1.807, 2.05) is 0 Å². The average molecular weight is 129 g/mol. The van der Waals surface area contributed by atoms with Crippen molar-refractivity contribution in [1.82, 2.24) is 0 Å². The molecule has 0 radical (unpaired) electrons. The highest BCUT2D eigenvalue weighted by Gasteiger charge is 2.04. The molecule has 0 spiro atoms. The molecule has 0 unspecified atom stereocenters. The topological polar surface area (TPSA) is 70.3 Å². The van der Waals surface area contributed by atoms with Crippen LogP contribution in [0.1, 0.15) is 6.42 Å². The summed E-state index contributed by atoms with van der Waals surface area (Å²) in [6.45, 7) is -0.0788. The molecule has 50 valence electrons. The number of nitriles is 1. The van der Waals surface area contributed by atoms with Crippen molar-refractivity contribution < 1.29 is 14.6 Å². The van der Waals surface area contributed by atoms with E-state index >= 15 is 0 Å². The van der Waals surface area contributed by atoms with Crippen LogP contribution < -0.4 is 0 Å². The van der Waals surface area contributed by atoms with E-state index in [-0.39, 0.29) is 19.5 Å². The van der Waals surface area contributed by atoms with Gasteiger partial charge >= 0.3 is 0 Å². The lowest BCUT2D eigenvalue weighted by Gasteiger charge is -2.05. The highest BCUT2D eigenvalue weighted by atomic mass is 16.5. The maximum Gasteiger partial charge on any atom is 0.293 e. The summed E-state index contributed by atoms with van der Waals surface area (Å²) >= 11 is 0. The van der Waals surface area contributed by atoms with E-state index in [1.165, 1.54) is 0 Å². The number of aliphatic hydroxyl groups is 1. The molecular formula is C5H7NO3. The zero-order chi connectivity index (χ0) is 7.11. The summed E-state index contributed by atoms with van der Waals surface area (Å²) in [6, 6.07) is 1.76. The number of nitrogens with zero attached hydrogens (tertiary/aromatic N) is 1. The zero-order valence-electron chi connectivity index (χ0n) is 4.78. The third kappa shape index (κ3) is 3.50. The van der Waals surface area contributed by atoms with Gasteiger partial charge in [0, 0.05) is 0 Å². The van der Waals surface area contributed by atoms with Crippen molar-refractivity contribution in [3.8, 4) is 6.07 Å². The number of carbonyl (C=O) groups is 1. The first kappa shape index (κ1) is 7.92. The number of ether oxygens (including phenoxy) is 1. The van der Waals surface area contributed by atoms with Gasteiger partial charge < -0.3 is 9.84 Å². The van der Waals surface area contributed by atoms with Gasteiger partial charge in [0.1, 0.15) is 6.10 Å². The molecular weight excluding hydrogens is 122 g/mol. The molecule has 4 nitrogen and oxygen atoms in total. The third-order valence-electron chi connectivity index (χ3n) is 0.771. The average Bonchev–Trinajstić information content (AvgIpc) is 1.88. The van der Waals surface area contributed by atoms with E-state index < -0.39 is 6.10 Å². The molecule has 4 heteroatoms. The number of aliphatic hydroxyl groups excluding tert-OH is 1. The van der Waals surface area contributed by atoms with E-state index in [0.717, 1.165) is 0 Å². The fourth-order valence-corrected chi connectivity index (χ4v) is 0.336. The zero-order valence-corrected chi connectivity index (χ0v) is 4.78. The van der Waals surface area contributed by atoms with Gasteiger partial charge in [-0.1, -0.05) is 0 Å². The van der Waals surface area contributed by atoms with E-state index in [2.05, 4.69) is 4.74 Å². The Kier molecular flexibility index (Phi) is 4.46. The van der Waals surface area contributed by atoms with Gasteiger partial charge in [-0.2, -0.15) is 5.26 Å². The molecule has 0 aromatic rings. The van der Waals surface area contributed by atoms with Gasteiger partial charge in [-0.3, -0.25) is 4.79 Å². The summed E-state index contributed by atoms with van der Waals surface area (Å²) < 4.78 is 4.28. The van der Waals surface area contributed by atoms with Gasteiger partial charge in [-0.15, -0.1) is 0 Å². The summed E-state index contributed by atoms with van der Waals surface area (Å²) in [5, 5.41) is 16.4. The second kappa shape index (κ2) is 5.06. The van der Waals surface area contributed by atoms with Gasteiger partial charge in [0.05, 0.1) is 19.1 Å². The summed E-state index contributed by atoms with van der Waals surface area (Å²) in [5.41, 5.74) is 0. The van der Waals surface area contributed by atoms with Gasteiger partial charge in [-0.25, -0.2) is 0 Å². The summed E-state index contributed by atoms with van der Waals surface area (Å²) in [5.74, 6) is 0. The maximum absolute atomic E-state index is 9.61. The summed E-state index contributed by atoms with van der Waals surface area (Å²) in [7, 11) is 0. The number of carbonyl (C=O) groups excluding carboxylic acids is 1. The molecule has 0 fully saturated rings. The molecule has 0 aliphatic rings. The molecule has 0 heterocycles. The van der Waals surface area contributed by atoms with Crippen LogP contribution in [0.25, 0.3) is 0 Å². The van der Waals surface area contributed by atoms with Crippen LogP contribution in [-0.4, -0.2) is 24.3 Å². The van der Waals surface area contributed by atoms with Crippen LogP contribution in [-0.2, 0) is 9.53 Å². The standard InChI is InChI=1S/C5H7NO3/c6-2-1-5(3-7)9-4-8/h4-5,7H,1,3H2/t5-/m1/s1. The van der Waals surface area contributed by atoms with Crippen molar-refractivity contribution >= 4 is 6.47 Å². The molecule has 0 aliphatic carbocycles. The van der Waals surface area contributed by atoms with Crippen molar-refractivity contribution in [2.24, 2.45) is 0 Å². The minimum absolute atomic E-state index is 0.0369. The van der Waals surface area contributed by atoms with Crippen LogP contribution in [0.3, 0.4) is 0 Å². The first-order valence-electron chi connectivity index (χ1n) is 2.42. The molecule has 0 saturated carbocycles. The highest BCUT2D eigenvalue weighted by Crippen LogP contribution is 1.92. The van der Waals surface area contributed by atoms with Crippen molar-refractivity contribution in [3.05, 3.63) is 0 Å². The van der Waals surface area contributed by atoms with Crippen molar-refractivity contribution in [1.29, 1.82) is 5.26 Å². The molecule has 9 heavy (non-hydrogen) atoms. The van der Waals surface area contributed by atoms with Gasteiger partial charge in [0.15, 0.2) is 0 Å². The molecule has 0 rings (SSSR count). The molecule has 0 aromatic carbocycles. The number of hydrogen-bond donors (Lipinski definition) is 1. The minimum Gasteiger partial charge on any atom is -0.461 e. The number of rotatable bonds is 4. The van der Waals surface area contributed by atoms with Crippen LogP contribution in [0, 0.1) is 11.3 Å².